The summed E-state index contributed by atoms with van der Waals surface area (Å²) in [5, 5.41) is 9.69. The number of rotatable bonds is 5. The highest BCUT2D eigenvalue weighted by atomic mass is 32.1. The lowest BCUT2D eigenvalue weighted by atomic mass is 10.1. The maximum absolute atomic E-state index is 12.6. The van der Waals surface area contributed by atoms with Crippen molar-refractivity contribution in [3.63, 3.8) is 0 Å². The van der Waals surface area contributed by atoms with E-state index in [9.17, 15) is 4.79 Å². The van der Waals surface area contributed by atoms with Crippen molar-refractivity contribution in [3.05, 3.63) is 63.6 Å². The van der Waals surface area contributed by atoms with Crippen LogP contribution in [0.1, 0.15) is 32.7 Å². The molecule has 0 radical (unpaired) electrons. The number of carbonyl (C=O) groups is 1. The molecule has 3 heterocycles. The first-order chi connectivity index (χ1) is 12.6. The predicted molar refractivity (Wildman–Crippen MR) is 104 cm³/mol. The van der Waals surface area contributed by atoms with Crippen LogP contribution in [0, 0.1) is 13.8 Å². The average Bonchev–Trinajstić information content (AvgIpc) is 3.36. The van der Waals surface area contributed by atoms with Gasteiger partial charge in [0.05, 0.1) is 17.4 Å². The van der Waals surface area contributed by atoms with E-state index < -0.39 is 0 Å². The molecule has 0 bridgehead atoms. The Balaban J connectivity index is 1.56. The van der Waals surface area contributed by atoms with Crippen LogP contribution in [0.2, 0.25) is 0 Å². The highest BCUT2D eigenvalue weighted by molar-refractivity contribution is 7.10. The Morgan fingerprint density at radius 2 is 2.04 bits per heavy atom. The second-order valence-electron chi connectivity index (χ2n) is 6.08. The van der Waals surface area contributed by atoms with Gasteiger partial charge in [-0.25, -0.2) is 0 Å². The molecule has 0 aliphatic heterocycles. The molecule has 8 heteroatoms. The molecule has 0 saturated heterocycles. The maximum Gasteiger partial charge on any atom is 0.251 e. The van der Waals surface area contributed by atoms with Crippen molar-refractivity contribution in [3.8, 4) is 0 Å². The van der Waals surface area contributed by atoms with Gasteiger partial charge in [0.2, 0.25) is 0 Å². The van der Waals surface area contributed by atoms with E-state index in [4.69, 9.17) is 0 Å². The zero-order valence-corrected chi connectivity index (χ0v) is 16.0. The molecule has 1 unspecified atom stereocenters. The Hall–Kier alpha value is -2.58. The second-order valence-corrected chi connectivity index (χ2v) is 7.59. The number of nitrogens with one attached hydrogen (secondary N) is 1. The lowest BCUT2D eigenvalue weighted by molar-refractivity contribution is 0.0949. The number of fused-ring (bicyclic) bond motifs is 1. The second kappa shape index (κ2) is 6.97. The Morgan fingerprint density at radius 1 is 1.19 bits per heavy atom. The van der Waals surface area contributed by atoms with Crippen molar-refractivity contribution in [2.24, 2.45) is 0 Å². The lowest BCUT2D eigenvalue weighted by Crippen LogP contribution is -2.31. The Labute approximate surface area is 158 Å². The van der Waals surface area contributed by atoms with Crippen LogP contribution in [-0.4, -0.2) is 31.0 Å². The summed E-state index contributed by atoms with van der Waals surface area (Å²) in [6, 6.07) is 11.5. The number of aryl methyl sites for hydroxylation is 2. The van der Waals surface area contributed by atoms with Gasteiger partial charge in [-0.05, 0) is 49.6 Å². The molecule has 0 aliphatic carbocycles. The number of benzene rings is 1. The molecular formula is C18H17N5OS2. The monoisotopic (exact) mass is 383 g/mol. The maximum atomic E-state index is 12.6. The van der Waals surface area contributed by atoms with Crippen molar-refractivity contribution in [1.29, 1.82) is 0 Å². The normalized spacial score (nSPS) is 12.4. The van der Waals surface area contributed by atoms with Crippen LogP contribution in [-0.2, 0) is 0 Å². The van der Waals surface area contributed by atoms with Crippen LogP contribution in [0.25, 0.3) is 11.0 Å². The van der Waals surface area contributed by atoms with Crippen LogP contribution in [0.5, 0.6) is 0 Å². The Bertz CT molecular complexity index is 1050. The van der Waals surface area contributed by atoms with Crippen molar-refractivity contribution < 1.29 is 4.79 Å². The molecule has 4 rings (SSSR count). The van der Waals surface area contributed by atoms with Gasteiger partial charge in [-0.1, -0.05) is 6.07 Å². The fourth-order valence-corrected chi connectivity index (χ4v) is 4.29. The number of aromatic nitrogens is 4. The number of nitrogens with zero attached hydrogens (tertiary/aromatic N) is 4. The molecule has 1 amide bonds. The first-order valence-corrected chi connectivity index (χ1v) is 9.79. The summed E-state index contributed by atoms with van der Waals surface area (Å²) in [7, 11) is 0. The molecule has 0 fully saturated rings. The standard InChI is InChI=1S/C18H17N5OS2/c1-11-8-12(2)23(20-11)16(17-4-3-7-25-17)10-19-18(24)13-5-6-14-15(9-13)22-26-21-14/h3-9,16H,10H2,1-2H3,(H,19,24). The average molecular weight is 384 g/mol. The fraction of sp³-hybridized carbons (Fsp3) is 0.222. The zero-order valence-electron chi connectivity index (χ0n) is 14.3. The number of amides is 1. The highest BCUT2D eigenvalue weighted by Crippen LogP contribution is 2.24. The van der Waals surface area contributed by atoms with E-state index in [-0.39, 0.29) is 11.9 Å². The topological polar surface area (TPSA) is 72.7 Å². The third-order valence-electron chi connectivity index (χ3n) is 4.18. The minimum atomic E-state index is -0.122. The van der Waals surface area contributed by atoms with Gasteiger partial charge in [-0.15, -0.1) is 11.3 Å². The van der Waals surface area contributed by atoms with Gasteiger partial charge in [-0.3, -0.25) is 9.48 Å². The number of carbonyl (C=O) groups excluding carboxylic acids is 1. The molecule has 0 spiro atoms. The molecule has 0 saturated carbocycles. The summed E-state index contributed by atoms with van der Waals surface area (Å²) in [6.07, 6.45) is 0. The Morgan fingerprint density at radius 3 is 2.77 bits per heavy atom. The molecule has 26 heavy (non-hydrogen) atoms. The van der Waals surface area contributed by atoms with E-state index in [1.807, 2.05) is 42.1 Å². The minimum absolute atomic E-state index is 0.0303. The lowest BCUT2D eigenvalue weighted by Gasteiger charge is -2.19. The number of hydrogen-bond donors (Lipinski definition) is 1. The van der Waals surface area contributed by atoms with Crippen molar-refractivity contribution >= 4 is 40.0 Å². The van der Waals surface area contributed by atoms with E-state index in [1.165, 1.54) is 0 Å². The molecule has 132 valence electrons. The predicted octanol–water partition coefficient (Wildman–Crippen LogP) is 3.59. The first kappa shape index (κ1) is 16.9. The quantitative estimate of drug-likeness (QED) is 0.572. The zero-order chi connectivity index (χ0) is 18.1. The molecule has 1 aromatic carbocycles. The van der Waals surface area contributed by atoms with Gasteiger partial charge < -0.3 is 5.32 Å². The van der Waals surface area contributed by atoms with E-state index >= 15 is 0 Å². The van der Waals surface area contributed by atoms with E-state index in [1.54, 1.807) is 23.5 Å². The third kappa shape index (κ3) is 3.25. The number of thiophene rings is 1. The summed E-state index contributed by atoms with van der Waals surface area (Å²) in [5.41, 5.74) is 4.19. The van der Waals surface area contributed by atoms with Crippen LogP contribution < -0.4 is 5.32 Å². The molecule has 4 aromatic rings. The van der Waals surface area contributed by atoms with Gasteiger partial charge in [0.25, 0.3) is 5.91 Å². The summed E-state index contributed by atoms with van der Waals surface area (Å²) in [4.78, 5) is 13.8. The van der Waals surface area contributed by atoms with Crippen LogP contribution in [0.3, 0.4) is 0 Å². The number of hydrogen-bond acceptors (Lipinski definition) is 6. The van der Waals surface area contributed by atoms with Gasteiger partial charge in [0.15, 0.2) is 0 Å². The van der Waals surface area contributed by atoms with Gasteiger partial charge in [0, 0.05) is 22.7 Å². The van der Waals surface area contributed by atoms with E-state index in [0.717, 1.165) is 39.0 Å². The molecule has 3 aromatic heterocycles. The van der Waals surface area contributed by atoms with Gasteiger partial charge in [-0.2, -0.15) is 13.8 Å². The SMILES string of the molecule is Cc1cc(C)n(C(CNC(=O)c2ccc3nsnc3c2)c2cccs2)n1. The van der Waals surface area contributed by atoms with Gasteiger partial charge in [0.1, 0.15) is 17.1 Å². The molecule has 1 N–H and O–H groups in total. The van der Waals surface area contributed by atoms with Crippen molar-refractivity contribution in [1.82, 2.24) is 23.8 Å². The smallest absolute Gasteiger partial charge is 0.251 e. The Kier molecular flexibility index (Phi) is 4.52. The molecule has 1 atom stereocenters. The fourth-order valence-electron chi connectivity index (χ4n) is 2.96. The minimum Gasteiger partial charge on any atom is -0.350 e. The molecule has 6 nitrogen and oxygen atoms in total. The van der Waals surface area contributed by atoms with Gasteiger partial charge >= 0.3 is 0 Å². The highest BCUT2D eigenvalue weighted by Gasteiger charge is 2.19. The van der Waals surface area contributed by atoms with E-state index in [0.29, 0.717) is 12.1 Å². The summed E-state index contributed by atoms with van der Waals surface area (Å²) in [6.45, 7) is 4.48. The summed E-state index contributed by atoms with van der Waals surface area (Å²) >= 11 is 2.81. The summed E-state index contributed by atoms with van der Waals surface area (Å²) in [5.74, 6) is -0.122. The van der Waals surface area contributed by atoms with Crippen LogP contribution >= 0.6 is 23.1 Å². The summed E-state index contributed by atoms with van der Waals surface area (Å²) < 4.78 is 10.3. The van der Waals surface area contributed by atoms with Crippen molar-refractivity contribution in [2.45, 2.75) is 19.9 Å². The molecular weight excluding hydrogens is 366 g/mol. The van der Waals surface area contributed by atoms with Crippen LogP contribution in [0.4, 0.5) is 0 Å². The van der Waals surface area contributed by atoms with E-state index in [2.05, 4.69) is 25.2 Å². The first-order valence-electron chi connectivity index (χ1n) is 8.18. The van der Waals surface area contributed by atoms with Crippen molar-refractivity contribution in [2.75, 3.05) is 6.54 Å². The molecule has 0 aliphatic rings. The third-order valence-corrected chi connectivity index (χ3v) is 5.71. The largest absolute Gasteiger partial charge is 0.350 e. The van der Waals surface area contributed by atoms with Crippen LogP contribution in [0.15, 0.2) is 41.8 Å².